The van der Waals surface area contributed by atoms with Gasteiger partial charge in [0, 0.05) is 26.2 Å². The largest absolute Gasteiger partial charge is 0.478 e. The molecule has 10 heteroatoms. The zero-order valence-electron chi connectivity index (χ0n) is 13.4. The van der Waals surface area contributed by atoms with Crippen molar-refractivity contribution in [3.8, 4) is 0 Å². The molecule has 0 saturated carbocycles. The van der Waals surface area contributed by atoms with Crippen LogP contribution >= 0.6 is 0 Å². The van der Waals surface area contributed by atoms with Crippen molar-refractivity contribution in [3.05, 3.63) is 34.9 Å². The van der Waals surface area contributed by atoms with Crippen LogP contribution in [0.1, 0.15) is 26.3 Å². The quantitative estimate of drug-likeness (QED) is 0.460. The third-order valence-electron chi connectivity index (χ3n) is 2.67. The number of hydrogen-bond acceptors (Lipinski definition) is 6. The van der Waals surface area contributed by atoms with Crippen LogP contribution in [0.4, 0.5) is 0 Å². The van der Waals surface area contributed by atoms with Crippen molar-refractivity contribution >= 4 is 22.1 Å². The number of aryl methyl sites for hydroxylation is 1. The van der Waals surface area contributed by atoms with Crippen molar-refractivity contribution in [1.29, 1.82) is 0 Å². The van der Waals surface area contributed by atoms with Gasteiger partial charge in [-0.15, -0.1) is 0 Å². The lowest BCUT2D eigenvalue weighted by Crippen LogP contribution is -2.39. The molecule has 0 aromatic heterocycles. The number of piperazine rings is 1. The van der Waals surface area contributed by atoms with E-state index >= 15 is 0 Å². The van der Waals surface area contributed by atoms with Crippen LogP contribution in [0, 0.1) is 6.92 Å². The summed E-state index contributed by atoms with van der Waals surface area (Å²) in [4.78, 5) is 21.1. The van der Waals surface area contributed by atoms with Gasteiger partial charge in [-0.25, -0.2) is 9.59 Å². The second-order valence-electron chi connectivity index (χ2n) is 4.87. The van der Waals surface area contributed by atoms with E-state index in [1.54, 1.807) is 6.92 Å². The first-order chi connectivity index (χ1) is 11.0. The molecule has 1 aromatic carbocycles. The van der Waals surface area contributed by atoms with Gasteiger partial charge in [-0.05, 0) is 24.6 Å². The molecule has 0 spiro atoms. The highest BCUT2D eigenvalue weighted by molar-refractivity contribution is 7.85. The Labute approximate surface area is 140 Å². The summed E-state index contributed by atoms with van der Waals surface area (Å²) in [5.74, 6) is -2.23. The lowest BCUT2D eigenvalue weighted by atomic mass is 10.1. The highest BCUT2D eigenvalue weighted by atomic mass is 32.2. The van der Waals surface area contributed by atoms with Gasteiger partial charge in [-0.3, -0.25) is 4.55 Å². The van der Waals surface area contributed by atoms with Gasteiger partial charge >= 0.3 is 11.9 Å². The summed E-state index contributed by atoms with van der Waals surface area (Å²) in [5, 5.41) is 23.7. The molecule has 0 amide bonds. The van der Waals surface area contributed by atoms with Crippen molar-refractivity contribution in [2.45, 2.75) is 6.92 Å². The van der Waals surface area contributed by atoms with E-state index in [0.29, 0.717) is 11.8 Å². The molecule has 0 aliphatic carbocycles. The van der Waals surface area contributed by atoms with E-state index in [9.17, 15) is 18.0 Å². The first-order valence-electron chi connectivity index (χ1n) is 6.93. The molecule has 1 fully saturated rings. The van der Waals surface area contributed by atoms with Crippen molar-refractivity contribution in [3.63, 3.8) is 0 Å². The van der Waals surface area contributed by atoms with Gasteiger partial charge in [0.25, 0.3) is 10.1 Å². The van der Waals surface area contributed by atoms with Crippen molar-refractivity contribution in [2.24, 2.45) is 0 Å². The van der Waals surface area contributed by atoms with E-state index in [1.807, 2.05) is 0 Å². The van der Waals surface area contributed by atoms with Gasteiger partial charge in [0.15, 0.2) is 0 Å². The molecule has 0 bridgehead atoms. The Bertz CT molecular complexity index is 636. The molecule has 1 heterocycles. The number of hydrogen-bond donors (Lipinski definition) is 5. The van der Waals surface area contributed by atoms with Gasteiger partial charge in [-0.2, -0.15) is 8.42 Å². The zero-order valence-corrected chi connectivity index (χ0v) is 14.3. The maximum atomic E-state index is 10.6. The summed E-state index contributed by atoms with van der Waals surface area (Å²) in [5.41, 5.74) is 0.570. The molecule has 0 atom stereocenters. The Hall–Kier alpha value is -2.01. The van der Waals surface area contributed by atoms with Gasteiger partial charge < -0.3 is 20.8 Å². The lowest BCUT2D eigenvalue weighted by Gasteiger charge is -2.11. The molecule has 2 rings (SSSR count). The van der Waals surface area contributed by atoms with Crippen LogP contribution in [0.2, 0.25) is 0 Å². The Balaban J connectivity index is 0.000000397. The second-order valence-corrected chi connectivity index (χ2v) is 6.34. The molecular formula is C14H22N2O7S. The summed E-state index contributed by atoms with van der Waals surface area (Å²) in [6.45, 7) is 6.18. The molecule has 1 aliphatic heterocycles. The molecule has 24 heavy (non-hydrogen) atoms. The third-order valence-corrected chi connectivity index (χ3v) is 2.67. The number of carbonyl (C=O) groups is 2. The van der Waals surface area contributed by atoms with Gasteiger partial charge in [0.2, 0.25) is 0 Å². The standard InChI is InChI=1S/C9H8O4.C4H10N2.CH4O3S/c1-5-2-3-6(8(10)11)4-7(5)9(12)13;1-2-6-4-3-5-1;1-5(2,3)4/h2-4H,1H3,(H,10,11)(H,12,13);5-6H,1-4H2;1H3,(H,2,3,4). The van der Waals surface area contributed by atoms with E-state index in [2.05, 4.69) is 10.6 Å². The summed E-state index contributed by atoms with van der Waals surface area (Å²) in [6.07, 6.45) is 0.715. The fourth-order valence-electron chi connectivity index (χ4n) is 1.59. The summed E-state index contributed by atoms with van der Waals surface area (Å²) >= 11 is 0. The molecule has 1 aliphatic rings. The number of rotatable bonds is 2. The number of carboxylic acid groups (broad SMARTS) is 2. The second kappa shape index (κ2) is 10.7. The zero-order chi connectivity index (χ0) is 18.8. The summed E-state index contributed by atoms with van der Waals surface area (Å²) in [7, 11) is -3.67. The SMILES string of the molecule is C1CNCCN1.CS(=O)(=O)O.Cc1ccc(C(=O)O)cc1C(=O)O. The first kappa shape index (κ1) is 22.0. The minimum absolute atomic E-state index is 0.0111. The maximum Gasteiger partial charge on any atom is 0.335 e. The number of nitrogens with one attached hydrogen (secondary N) is 2. The molecule has 136 valence electrons. The maximum absolute atomic E-state index is 10.6. The molecule has 0 unspecified atom stereocenters. The molecular weight excluding hydrogens is 340 g/mol. The van der Waals surface area contributed by atoms with E-state index in [1.165, 1.54) is 12.1 Å². The Morgan fingerprint density at radius 2 is 1.42 bits per heavy atom. The fourth-order valence-corrected chi connectivity index (χ4v) is 1.59. The molecule has 1 saturated heterocycles. The lowest BCUT2D eigenvalue weighted by molar-refractivity contribution is 0.0695. The average molecular weight is 362 g/mol. The first-order valence-corrected chi connectivity index (χ1v) is 8.78. The fraction of sp³-hybridized carbons (Fsp3) is 0.429. The number of carboxylic acids is 2. The van der Waals surface area contributed by atoms with Gasteiger partial charge in [0.1, 0.15) is 0 Å². The van der Waals surface area contributed by atoms with Crippen LogP contribution in [-0.4, -0.2) is 67.6 Å². The predicted octanol–water partition coefficient (Wildman–Crippen LogP) is 0.0746. The number of benzene rings is 1. The highest BCUT2D eigenvalue weighted by Gasteiger charge is 2.10. The Kier molecular flexibility index (Phi) is 9.81. The van der Waals surface area contributed by atoms with E-state index in [0.717, 1.165) is 32.2 Å². The van der Waals surface area contributed by atoms with E-state index in [4.69, 9.17) is 14.8 Å². The normalized spacial score (nSPS) is 13.6. The Morgan fingerprint density at radius 1 is 1.00 bits per heavy atom. The number of aromatic carboxylic acids is 2. The van der Waals surface area contributed by atoms with Gasteiger partial charge in [-0.1, -0.05) is 6.07 Å². The van der Waals surface area contributed by atoms with Crippen molar-refractivity contribution < 1.29 is 32.8 Å². The van der Waals surface area contributed by atoms with Crippen LogP contribution in [-0.2, 0) is 10.1 Å². The minimum atomic E-state index is -3.67. The summed E-state index contributed by atoms with van der Waals surface area (Å²) < 4.78 is 25.9. The van der Waals surface area contributed by atoms with Crippen molar-refractivity contribution in [2.75, 3.05) is 32.4 Å². The third kappa shape index (κ3) is 11.5. The van der Waals surface area contributed by atoms with E-state index < -0.39 is 22.1 Å². The van der Waals surface area contributed by atoms with Crippen LogP contribution in [0.5, 0.6) is 0 Å². The molecule has 9 nitrogen and oxygen atoms in total. The molecule has 1 aromatic rings. The van der Waals surface area contributed by atoms with E-state index in [-0.39, 0.29) is 11.1 Å². The average Bonchev–Trinajstić information content (AvgIpc) is 2.48. The Morgan fingerprint density at radius 3 is 1.71 bits per heavy atom. The van der Waals surface area contributed by atoms with Gasteiger partial charge in [0.05, 0.1) is 17.4 Å². The molecule has 0 radical (unpaired) electrons. The van der Waals surface area contributed by atoms with Crippen LogP contribution in [0.3, 0.4) is 0 Å². The topological polar surface area (TPSA) is 153 Å². The van der Waals surface area contributed by atoms with Crippen LogP contribution in [0.15, 0.2) is 18.2 Å². The minimum Gasteiger partial charge on any atom is -0.478 e. The van der Waals surface area contributed by atoms with Crippen LogP contribution in [0.25, 0.3) is 0 Å². The predicted molar refractivity (Wildman–Crippen MR) is 88.3 cm³/mol. The van der Waals surface area contributed by atoms with Crippen LogP contribution < -0.4 is 10.6 Å². The molecule has 5 N–H and O–H groups in total. The smallest absolute Gasteiger partial charge is 0.335 e. The monoisotopic (exact) mass is 362 g/mol. The van der Waals surface area contributed by atoms with Crippen molar-refractivity contribution in [1.82, 2.24) is 10.6 Å². The summed E-state index contributed by atoms with van der Waals surface area (Å²) in [6, 6.07) is 4.01. The highest BCUT2D eigenvalue weighted by Crippen LogP contribution is 2.11.